The Morgan fingerprint density at radius 3 is 1.82 bits per heavy atom. The third-order valence-electron chi connectivity index (χ3n) is 6.09. The Morgan fingerprint density at radius 2 is 1.18 bits per heavy atom. The second kappa shape index (κ2) is 7.78. The summed E-state index contributed by atoms with van der Waals surface area (Å²) < 4.78 is 2.34. The fraction of sp³-hybridized carbons (Fsp3) is 0. The zero-order valence-corrected chi connectivity index (χ0v) is 17.8. The molecule has 0 fully saturated rings. The fourth-order valence-electron chi connectivity index (χ4n) is 4.53. The summed E-state index contributed by atoms with van der Waals surface area (Å²) in [5.74, 6) is 0. The summed E-state index contributed by atoms with van der Waals surface area (Å²) in [7, 11) is 0. The molecule has 2 aromatic heterocycles. The molecule has 0 unspecified atom stereocenters. The number of para-hydroxylation sites is 2. The quantitative estimate of drug-likeness (QED) is 0.299. The third-order valence-corrected chi connectivity index (χ3v) is 6.09. The smallest absolute Gasteiger partial charge is 0.140 e. The maximum atomic E-state index is 9.01. The Balaban J connectivity index is 1.48. The molecule has 0 atom stereocenters. The van der Waals surface area contributed by atoms with Crippen molar-refractivity contribution in [2.45, 2.75) is 0 Å². The third kappa shape index (κ3) is 3.26. The second-order valence-electron chi connectivity index (χ2n) is 8.04. The van der Waals surface area contributed by atoms with Crippen LogP contribution in [0.5, 0.6) is 0 Å². The highest BCUT2D eigenvalue weighted by Gasteiger charge is 2.12. The first-order chi connectivity index (χ1) is 16.3. The van der Waals surface area contributed by atoms with Crippen molar-refractivity contribution >= 4 is 21.8 Å². The molecule has 0 aliphatic rings. The van der Waals surface area contributed by atoms with Gasteiger partial charge < -0.3 is 4.57 Å². The number of hydrogen-bond acceptors (Lipinski definition) is 2. The standard InChI is InChI=1S/C30H19N3/c31-19-25-16-15-24(20-32-25)22-8-5-7-21(17-22)23-9-6-10-26(18-23)33-29-13-3-1-11-27(29)28-12-2-4-14-30(28)33/h1-18,20H. The molecule has 6 rings (SSSR count). The van der Waals surface area contributed by atoms with E-state index in [0.29, 0.717) is 5.69 Å². The first kappa shape index (κ1) is 19.0. The highest BCUT2D eigenvalue weighted by atomic mass is 15.0. The van der Waals surface area contributed by atoms with Crippen LogP contribution < -0.4 is 0 Å². The minimum atomic E-state index is 0.425. The van der Waals surface area contributed by atoms with Gasteiger partial charge in [-0.2, -0.15) is 5.26 Å². The second-order valence-corrected chi connectivity index (χ2v) is 8.04. The van der Waals surface area contributed by atoms with Crippen molar-refractivity contribution in [3.8, 4) is 34.0 Å². The number of fused-ring (bicyclic) bond motifs is 3. The molecule has 0 saturated heterocycles. The summed E-state index contributed by atoms with van der Waals surface area (Å²) >= 11 is 0. The molecule has 0 amide bonds. The molecular weight excluding hydrogens is 402 g/mol. The maximum Gasteiger partial charge on any atom is 0.140 e. The largest absolute Gasteiger partial charge is 0.309 e. The predicted molar refractivity (Wildman–Crippen MR) is 134 cm³/mol. The van der Waals surface area contributed by atoms with Crippen LogP contribution in [-0.4, -0.2) is 9.55 Å². The number of hydrogen-bond donors (Lipinski definition) is 0. The van der Waals surface area contributed by atoms with Crippen LogP contribution in [0.2, 0.25) is 0 Å². The van der Waals surface area contributed by atoms with Gasteiger partial charge in [0.1, 0.15) is 11.8 Å². The molecule has 3 nitrogen and oxygen atoms in total. The van der Waals surface area contributed by atoms with Crippen LogP contribution in [0.15, 0.2) is 115 Å². The fourth-order valence-corrected chi connectivity index (χ4v) is 4.53. The maximum absolute atomic E-state index is 9.01. The van der Waals surface area contributed by atoms with E-state index in [-0.39, 0.29) is 0 Å². The molecule has 3 heteroatoms. The van der Waals surface area contributed by atoms with Gasteiger partial charge in [0.05, 0.1) is 11.0 Å². The lowest BCUT2D eigenvalue weighted by Crippen LogP contribution is -1.94. The van der Waals surface area contributed by atoms with Gasteiger partial charge in [-0.1, -0.05) is 66.7 Å². The van der Waals surface area contributed by atoms with Crippen LogP contribution in [0, 0.1) is 11.3 Å². The number of benzene rings is 4. The highest BCUT2D eigenvalue weighted by molar-refractivity contribution is 6.09. The van der Waals surface area contributed by atoms with Crippen molar-refractivity contribution in [3.63, 3.8) is 0 Å². The highest BCUT2D eigenvalue weighted by Crippen LogP contribution is 2.33. The SMILES string of the molecule is N#Cc1ccc(-c2cccc(-c3cccc(-n4c5ccccc5c5ccccc54)c3)c2)cn1. The molecule has 0 N–H and O–H groups in total. The Bertz CT molecular complexity index is 1610. The topological polar surface area (TPSA) is 41.6 Å². The molecule has 0 spiro atoms. The first-order valence-corrected chi connectivity index (χ1v) is 10.9. The van der Waals surface area contributed by atoms with Crippen molar-refractivity contribution in [2.24, 2.45) is 0 Å². The average molecular weight is 422 g/mol. The van der Waals surface area contributed by atoms with Gasteiger partial charge >= 0.3 is 0 Å². The molecule has 33 heavy (non-hydrogen) atoms. The van der Waals surface area contributed by atoms with E-state index < -0.39 is 0 Å². The van der Waals surface area contributed by atoms with Crippen molar-refractivity contribution in [1.82, 2.24) is 9.55 Å². The van der Waals surface area contributed by atoms with E-state index in [1.807, 2.05) is 6.07 Å². The monoisotopic (exact) mass is 421 g/mol. The van der Waals surface area contributed by atoms with E-state index in [4.69, 9.17) is 5.26 Å². The van der Waals surface area contributed by atoms with Crippen molar-refractivity contribution in [2.75, 3.05) is 0 Å². The molecule has 154 valence electrons. The predicted octanol–water partition coefficient (Wildman–Crippen LogP) is 7.38. The van der Waals surface area contributed by atoms with Crippen molar-refractivity contribution < 1.29 is 0 Å². The first-order valence-electron chi connectivity index (χ1n) is 10.9. The molecule has 0 aliphatic carbocycles. The summed E-state index contributed by atoms with van der Waals surface area (Å²) in [5.41, 5.74) is 8.32. The number of aromatic nitrogens is 2. The van der Waals surface area contributed by atoms with Crippen LogP contribution in [0.3, 0.4) is 0 Å². The van der Waals surface area contributed by atoms with E-state index >= 15 is 0 Å². The van der Waals surface area contributed by atoms with Gasteiger partial charge in [-0.05, 0) is 59.2 Å². The lowest BCUT2D eigenvalue weighted by atomic mass is 9.99. The van der Waals surface area contributed by atoms with Crippen LogP contribution in [-0.2, 0) is 0 Å². The summed E-state index contributed by atoms with van der Waals surface area (Å²) in [5, 5.41) is 11.5. The zero-order chi connectivity index (χ0) is 22.2. The Labute approximate surface area is 191 Å². The van der Waals surface area contributed by atoms with Crippen molar-refractivity contribution in [1.29, 1.82) is 5.26 Å². The van der Waals surface area contributed by atoms with Gasteiger partial charge in [-0.3, -0.25) is 0 Å². The Morgan fingerprint density at radius 1 is 0.576 bits per heavy atom. The van der Waals surface area contributed by atoms with Crippen molar-refractivity contribution in [3.05, 3.63) is 121 Å². The summed E-state index contributed by atoms with van der Waals surface area (Å²) in [6.07, 6.45) is 1.76. The lowest BCUT2D eigenvalue weighted by molar-refractivity contribution is 1.18. The Kier molecular flexibility index (Phi) is 4.49. The van der Waals surface area contributed by atoms with Crippen LogP contribution in [0.25, 0.3) is 49.7 Å². The minimum Gasteiger partial charge on any atom is -0.309 e. The van der Waals surface area contributed by atoms with E-state index in [0.717, 1.165) is 27.9 Å². The normalized spacial score (nSPS) is 11.0. The number of nitriles is 1. The van der Waals surface area contributed by atoms with E-state index in [9.17, 15) is 0 Å². The molecular formula is C30H19N3. The minimum absolute atomic E-state index is 0.425. The van der Waals surface area contributed by atoms with Gasteiger partial charge in [0.25, 0.3) is 0 Å². The molecule has 0 bridgehead atoms. The molecule has 6 aromatic rings. The van der Waals surface area contributed by atoms with Gasteiger partial charge in [0, 0.05) is 28.2 Å². The van der Waals surface area contributed by atoms with E-state index in [1.54, 1.807) is 12.3 Å². The number of nitrogens with zero attached hydrogens (tertiary/aromatic N) is 3. The molecule has 0 saturated carbocycles. The summed E-state index contributed by atoms with van der Waals surface area (Å²) in [6, 6.07) is 40.0. The van der Waals surface area contributed by atoms with Gasteiger partial charge in [0.2, 0.25) is 0 Å². The van der Waals surface area contributed by atoms with Gasteiger partial charge in [0.15, 0.2) is 0 Å². The zero-order valence-electron chi connectivity index (χ0n) is 17.8. The molecule has 0 aliphatic heterocycles. The molecule has 4 aromatic carbocycles. The van der Waals surface area contributed by atoms with Crippen LogP contribution in [0.4, 0.5) is 0 Å². The van der Waals surface area contributed by atoms with Gasteiger partial charge in [-0.15, -0.1) is 0 Å². The summed E-state index contributed by atoms with van der Waals surface area (Å²) in [4.78, 5) is 4.22. The van der Waals surface area contributed by atoms with Crippen LogP contribution in [0.1, 0.15) is 5.69 Å². The Hall–Kier alpha value is -4.68. The van der Waals surface area contributed by atoms with Crippen LogP contribution >= 0.6 is 0 Å². The van der Waals surface area contributed by atoms with Gasteiger partial charge in [-0.25, -0.2) is 4.98 Å². The molecule has 2 heterocycles. The number of rotatable bonds is 3. The van der Waals surface area contributed by atoms with E-state index in [2.05, 4.69) is 113 Å². The molecule has 0 radical (unpaired) electrons. The number of pyridine rings is 1. The van der Waals surface area contributed by atoms with E-state index in [1.165, 1.54) is 21.8 Å². The lowest BCUT2D eigenvalue weighted by Gasteiger charge is -2.11. The average Bonchev–Trinajstić information content (AvgIpc) is 3.23. The summed E-state index contributed by atoms with van der Waals surface area (Å²) in [6.45, 7) is 0.